The van der Waals surface area contributed by atoms with Crippen LogP contribution in [0.4, 0.5) is 11.4 Å². The van der Waals surface area contributed by atoms with Gasteiger partial charge < -0.3 is 5.32 Å². The molecular formula is C9H13N3O2. The first-order valence-corrected chi connectivity index (χ1v) is 4.43. The monoisotopic (exact) mass is 195 g/mol. The maximum atomic E-state index is 10.4. The van der Waals surface area contributed by atoms with E-state index in [1.807, 2.05) is 0 Å². The number of hydrogen-bond acceptors (Lipinski definition) is 4. The first-order chi connectivity index (χ1) is 6.59. The second kappa shape index (κ2) is 4.55. The molecule has 14 heavy (non-hydrogen) atoms. The lowest BCUT2D eigenvalue weighted by atomic mass is 10.2. The fraction of sp³-hybridized carbons (Fsp3) is 0.444. The molecule has 0 bridgehead atoms. The summed E-state index contributed by atoms with van der Waals surface area (Å²) in [5.41, 5.74) is 0.701. The van der Waals surface area contributed by atoms with E-state index >= 15 is 0 Å². The molecule has 1 N–H and O–H groups in total. The Morgan fingerprint density at radius 2 is 2.29 bits per heavy atom. The maximum Gasteiger partial charge on any atom is 0.289 e. The predicted molar refractivity (Wildman–Crippen MR) is 54.2 cm³/mol. The van der Waals surface area contributed by atoms with Gasteiger partial charge in [0, 0.05) is 12.6 Å². The van der Waals surface area contributed by atoms with Crippen molar-refractivity contribution in [2.24, 2.45) is 5.92 Å². The van der Waals surface area contributed by atoms with Gasteiger partial charge in [-0.1, -0.05) is 13.8 Å². The van der Waals surface area contributed by atoms with Crippen LogP contribution in [-0.2, 0) is 0 Å². The van der Waals surface area contributed by atoms with Gasteiger partial charge in [0.05, 0.1) is 16.8 Å². The Morgan fingerprint density at radius 3 is 2.86 bits per heavy atom. The largest absolute Gasteiger partial charge is 0.383 e. The summed E-state index contributed by atoms with van der Waals surface area (Å²) < 4.78 is 0. The number of rotatable bonds is 4. The highest BCUT2D eigenvalue weighted by Gasteiger charge is 2.06. The quantitative estimate of drug-likeness (QED) is 0.589. The minimum atomic E-state index is -0.451. The summed E-state index contributed by atoms with van der Waals surface area (Å²) in [7, 11) is 0. The van der Waals surface area contributed by atoms with Crippen LogP contribution in [0.25, 0.3) is 0 Å². The van der Waals surface area contributed by atoms with Crippen LogP contribution < -0.4 is 5.32 Å². The van der Waals surface area contributed by atoms with Crippen molar-refractivity contribution in [2.75, 3.05) is 11.9 Å². The summed E-state index contributed by atoms with van der Waals surface area (Å²) in [5, 5.41) is 13.5. The summed E-state index contributed by atoms with van der Waals surface area (Å²) >= 11 is 0. The Hall–Kier alpha value is -1.65. The lowest BCUT2D eigenvalue weighted by Gasteiger charge is -2.07. The molecule has 0 fully saturated rings. The number of nitro groups is 1. The molecule has 0 radical (unpaired) electrons. The van der Waals surface area contributed by atoms with E-state index in [-0.39, 0.29) is 5.69 Å². The van der Waals surface area contributed by atoms with Crippen molar-refractivity contribution in [3.05, 3.63) is 28.6 Å². The number of anilines is 1. The van der Waals surface area contributed by atoms with Gasteiger partial charge in [0.15, 0.2) is 0 Å². The van der Waals surface area contributed by atoms with Crippen molar-refractivity contribution < 1.29 is 4.92 Å². The zero-order valence-electron chi connectivity index (χ0n) is 8.23. The molecule has 1 rings (SSSR count). The molecule has 0 aliphatic heterocycles. The van der Waals surface area contributed by atoms with E-state index in [0.717, 1.165) is 6.54 Å². The van der Waals surface area contributed by atoms with Gasteiger partial charge in [0.2, 0.25) is 0 Å². The van der Waals surface area contributed by atoms with Crippen LogP contribution >= 0.6 is 0 Å². The molecule has 0 amide bonds. The van der Waals surface area contributed by atoms with E-state index in [1.165, 1.54) is 12.3 Å². The Morgan fingerprint density at radius 1 is 1.57 bits per heavy atom. The topological polar surface area (TPSA) is 68.1 Å². The number of pyridine rings is 1. The molecule has 0 aliphatic rings. The molecule has 1 heterocycles. The van der Waals surface area contributed by atoms with E-state index in [9.17, 15) is 10.1 Å². The second-order valence-electron chi connectivity index (χ2n) is 3.46. The molecule has 5 nitrogen and oxygen atoms in total. The Bertz CT molecular complexity index is 326. The highest BCUT2D eigenvalue weighted by atomic mass is 16.6. The van der Waals surface area contributed by atoms with Gasteiger partial charge in [-0.2, -0.15) is 0 Å². The first-order valence-electron chi connectivity index (χ1n) is 4.43. The summed E-state index contributed by atoms with van der Waals surface area (Å²) in [4.78, 5) is 13.8. The molecule has 0 saturated heterocycles. The van der Waals surface area contributed by atoms with E-state index in [0.29, 0.717) is 11.6 Å². The maximum absolute atomic E-state index is 10.4. The lowest BCUT2D eigenvalue weighted by molar-refractivity contribution is -0.385. The van der Waals surface area contributed by atoms with Crippen molar-refractivity contribution in [2.45, 2.75) is 13.8 Å². The van der Waals surface area contributed by atoms with E-state index in [2.05, 4.69) is 24.1 Å². The lowest BCUT2D eigenvalue weighted by Crippen LogP contribution is -2.08. The van der Waals surface area contributed by atoms with Gasteiger partial charge in [-0.15, -0.1) is 0 Å². The van der Waals surface area contributed by atoms with Crippen LogP contribution in [0.2, 0.25) is 0 Å². The minimum Gasteiger partial charge on any atom is -0.383 e. The molecule has 0 atom stereocenters. The summed E-state index contributed by atoms with van der Waals surface area (Å²) in [6.45, 7) is 4.92. The highest BCUT2D eigenvalue weighted by molar-refractivity contribution is 5.47. The highest BCUT2D eigenvalue weighted by Crippen LogP contribution is 2.14. The van der Waals surface area contributed by atoms with Gasteiger partial charge in [-0.3, -0.25) is 15.1 Å². The summed E-state index contributed by atoms with van der Waals surface area (Å²) in [5.74, 6) is 0.495. The first kappa shape index (κ1) is 10.4. The van der Waals surface area contributed by atoms with Crippen LogP contribution in [0.5, 0.6) is 0 Å². The van der Waals surface area contributed by atoms with Crippen molar-refractivity contribution >= 4 is 11.4 Å². The summed E-state index contributed by atoms with van der Waals surface area (Å²) in [6.07, 6.45) is 2.82. The van der Waals surface area contributed by atoms with Crippen LogP contribution in [0.3, 0.4) is 0 Å². The van der Waals surface area contributed by atoms with E-state index in [1.54, 1.807) is 6.20 Å². The molecule has 1 aromatic rings. The third-order valence-electron chi connectivity index (χ3n) is 1.65. The molecule has 0 spiro atoms. The van der Waals surface area contributed by atoms with E-state index < -0.39 is 4.92 Å². The Labute approximate surface area is 82.3 Å². The molecule has 0 aliphatic carbocycles. The average Bonchev–Trinajstić information content (AvgIpc) is 2.15. The van der Waals surface area contributed by atoms with Crippen molar-refractivity contribution in [1.82, 2.24) is 4.98 Å². The third kappa shape index (κ3) is 3.01. The van der Waals surface area contributed by atoms with Crippen LogP contribution in [0.15, 0.2) is 18.5 Å². The average molecular weight is 195 g/mol. The van der Waals surface area contributed by atoms with Gasteiger partial charge in [-0.05, 0) is 5.92 Å². The molecule has 76 valence electrons. The van der Waals surface area contributed by atoms with Crippen molar-refractivity contribution in [3.63, 3.8) is 0 Å². The Balaban J connectivity index is 2.69. The SMILES string of the molecule is CC(C)CNc1cncc([N+](=O)[O-])c1. The minimum absolute atomic E-state index is 0.0127. The molecular weight excluding hydrogens is 182 g/mol. The van der Waals surface area contributed by atoms with E-state index in [4.69, 9.17) is 0 Å². The third-order valence-corrected chi connectivity index (χ3v) is 1.65. The van der Waals surface area contributed by atoms with Gasteiger partial charge >= 0.3 is 0 Å². The molecule has 0 saturated carbocycles. The number of nitrogens with zero attached hydrogens (tertiary/aromatic N) is 2. The van der Waals surface area contributed by atoms with Gasteiger partial charge in [-0.25, -0.2) is 0 Å². The van der Waals surface area contributed by atoms with Gasteiger partial charge in [0.25, 0.3) is 5.69 Å². The zero-order valence-corrected chi connectivity index (χ0v) is 8.23. The number of nitrogens with one attached hydrogen (secondary N) is 1. The molecule has 0 unspecified atom stereocenters. The fourth-order valence-electron chi connectivity index (χ4n) is 0.946. The van der Waals surface area contributed by atoms with Crippen LogP contribution in [0.1, 0.15) is 13.8 Å². The zero-order chi connectivity index (χ0) is 10.6. The van der Waals surface area contributed by atoms with Crippen LogP contribution in [0, 0.1) is 16.0 Å². The predicted octanol–water partition coefficient (Wildman–Crippen LogP) is 2.06. The normalized spacial score (nSPS) is 10.2. The Kier molecular flexibility index (Phi) is 3.39. The molecule has 1 aromatic heterocycles. The van der Waals surface area contributed by atoms with Crippen LogP contribution in [-0.4, -0.2) is 16.5 Å². The molecule has 0 aromatic carbocycles. The second-order valence-corrected chi connectivity index (χ2v) is 3.46. The standard InChI is InChI=1S/C9H13N3O2/c1-7(2)4-11-8-3-9(12(13)14)6-10-5-8/h3,5-7,11H,4H2,1-2H3. The number of hydrogen-bond donors (Lipinski definition) is 1. The fourth-order valence-corrected chi connectivity index (χ4v) is 0.946. The van der Waals surface area contributed by atoms with Crippen molar-refractivity contribution in [1.29, 1.82) is 0 Å². The molecule has 5 heteroatoms. The van der Waals surface area contributed by atoms with Crippen molar-refractivity contribution in [3.8, 4) is 0 Å². The number of aromatic nitrogens is 1. The smallest absolute Gasteiger partial charge is 0.289 e. The summed E-state index contributed by atoms with van der Waals surface area (Å²) in [6, 6.07) is 1.48. The van der Waals surface area contributed by atoms with Gasteiger partial charge in [0.1, 0.15) is 6.20 Å².